The van der Waals surface area contributed by atoms with Gasteiger partial charge in [0.1, 0.15) is 0 Å². The highest BCUT2D eigenvalue weighted by Gasteiger charge is 2.05. The van der Waals surface area contributed by atoms with Gasteiger partial charge < -0.3 is 10.4 Å². The molecule has 2 N–H and O–H groups in total. The van der Waals surface area contributed by atoms with Gasteiger partial charge in [0.15, 0.2) is 0 Å². The molecule has 2 nitrogen and oxygen atoms in total. The second kappa shape index (κ2) is 11.3. The predicted octanol–water partition coefficient (Wildman–Crippen LogP) is 2.13. The van der Waals surface area contributed by atoms with Crippen molar-refractivity contribution in [1.82, 2.24) is 5.32 Å². The van der Waals surface area contributed by atoms with Crippen LogP contribution in [0.5, 0.6) is 0 Å². The van der Waals surface area contributed by atoms with Gasteiger partial charge in [0.2, 0.25) is 0 Å². The highest BCUT2D eigenvalue weighted by atomic mass is 32.2. The lowest BCUT2D eigenvalue weighted by atomic mass is 10.0. The number of aliphatic hydroxyl groups excluding tert-OH is 1. The fourth-order valence-corrected chi connectivity index (χ4v) is 2.11. The van der Waals surface area contributed by atoms with E-state index in [1.807, 2.05) is 11.8 Å². The molecule has 0 fully saturated rings. The molecule has 0 aromatic carbocycles. The normalized spacial score (nSPS) is 13.1. The van der Waals surface area contributed by atoms with Gasteiger partial charge in [-0.3, -0.25) is 0 Å². The van der Waals surface area contributed by atoms with Gasteiger partial charge in [-0.15, -0.1) is 0 Å². The quantitative estimate of drug-likeness (QED) is 0.552. The van der Waals surface area contributed by atoms with Gasteiger partial charge in [0.25, 0.3) is 0 Å². The Bertz CT molecular complexity index is 105. The van der Waals surface area contributed by atoms with Crippen molar-refractivity contribution in [3.05, 3.63) is 0 Å². The Kier molecular flexibility index (Phi) is 11.6. The van der Waals surface area contributed by atoms with E-state index >= 15 is 0 Å². The van der Waals surface area contributed by atoms with Crippen LogP contribution in [0.1, 0.15) is 33.1 Å². The summed E-state index contributed by atoms with van der Waals surface area (Å²) in [6.07, 6.45) is 3.40. The number of thioether (sulfide) groups is 1. The molecule has 1 unspecified atom stereocenters. The van der Waals surface area contributed by atoms with Crippen LogP contribution in [0.2, 0.25) is 0 Å². The van der Waals surface area contributed by atoms with Gasteiger partial charge in [-0.1, -0.05) is 20.3 Å². The molecular weight excluding hydrogens is 194 g/mol. The van der Waals surface area contributed by atoms with E-state index in [-0.39, 0.29) is 0 Å². The first kappa shape index (κ1) is 14.3. The third-order valence-corrected chi connectivity index (χ3v) is 3.20. The van der Waals surface area contributed by atoms with Crippen molar-refractivity contribution in [2.75, 3.05) is 31.2 Å². The topological polar surface area (TPSA) is 32.3 Å². The summed E-state index contributed by atoms with van der Waals surface area (Å²) in [5.41, 5.74) is 0. The number of aliphatic hydroxyl groups is 1. The standard InChI is InChI=1S/C11H25NOS/c1-3-5-11(6-8-13)10-12-7-9-14-4-2/h11-13H,3-10H2,1-2H3. The Morgan fingerprint density at radius 2 is 2.07 bits per heavy atom. The molecule has 14 heavy (non-hydrogen) atoms. The Morgan fingerprint density at radius 1 is 1.29 bits per heavy atom. The molecule has 1 atom stereocenters. The van der Waals surface area contributed by atoms with Crippen LogP contribution >= 0.6 is 11.8 Å². The highest BCUT2D eigenvalue weighted by Crippen LogP contribution is 2.09. The maximum Gasteiger partial charge on any atom is 0.0434 e. The molecule has 0 aromatic heterocycles. The Balaban J connectivity index is 3.30. The lowest BCUT2D eigenvalue weighted by molar-refractivity contribution is 0.248. The molecule has 0 amide bonds. The van der Waals surface area contributed by atoms with E-state index in [0.717, 1.165) is 19.5 Å². The Hall–Kier alpha value is 0.270. The van der Waals surface area contributed by atoms with E-state index in [1.54, 1.807) is 0 Å². The summed E-state index contributed by atoms with van der Waals surface area (Å²) in [7, 11) is 0. The van der Waals surface area contributed by atoms with Gasteiger partial charge >= 0.3 is 0 Å². The summed E-state index contributed by atoms with van der Waals surface area (Å²) in [4.78, 5) is 0. The third kappa shape index (κ3) is 8.85. The molecular formula is C11H25NOS. The van der Waals surface area contributed by atoms with Crippen LogP contribution in [-0.4, -0.2) is 36.3 Å². The monoisotopic (exact) mass is 219 g/mol. The average Bonchev–Trinajstić information content (AvgIpc) is 2.18. The van der Waals surface area contributed by atoms with E-state index in [9.17, 15) is 0 Å². The first-order chi connectivity index (χ1) is 6.85. The van der Waals surface area contributed by atoms with Gasteiger partial charge in [0, 0.05) is 18.9 Å². The molecule has 0 heterocycles. The summed E-state index contributed by atoms with van der Waals surface area (Å²) in [5.74, 6) is 3.07. The van der Waals surface area contributed by atoms with Crippen LogP contribution in [0.4, 0.5) is 0 Å². The van der Waals surface area contributed by atoms with Crippen molar-refractivity contribution in [2.24, 2.45) is 5.92 Å². The maximum absolute atomic E-state index is 8.87. The van der Waals surface area contributed by atoms with E-state index in [0.29, 0.717) is 12.5 Å². The molecule has 3 heteroatoms. The summed E-state index contributed by atoms with van der Waals surface area (Å²) in [6.45, 7) is 6.90. The molecule has 0 aromatic rings. The average molecular weight is 219 g/mol. The minimum Gasteiger partial charge on any atom is -0.396 e. The molecule has 0 saturated carbocycles. The molecule has 0 radical (unpaired) electrons. The minimum absolute atomic E-state index is 0.329. The molecule has 0 aliphatic carbocycles. The van der Waals surface area contributed by atoms with E-state index in [2.05, 4.69) is 19.2 Å². The van der Waals surface area contributed by atoms with Crippen LogP contribution in [0.15, 0.2) is 0 Å². The minimum atomic E-state index is 0.329. The highest BCUT2D eigenvalue weighted by molar-refractivity contribution is 7.99. The van der Waals surface area contributed by atoms with Gasteiger partial charge in [0.05, 0.1) is 0 Å². The summed E-state index contributed by atoms with van der Waals surface area (Å²) < 4.78 is 0. The van der Waals surface area contributed by atoms with Crippen LogP contribution < -0.4 is 5.32 Å². The van der Waals surface area contributed by atoms with Gasteiger partial charge in [-0.2, -0.15) is 11.8 Å². The number of rotatable bonds is 10. The van der Waals surface area contributed by atoms with E-state index < -0.39 is 0 Å². The summed E-state index contributed by atoms with van der Waals surface area (Å²) in [6, 6.07) is 0. The Morgan fingerprint density at radius 3 is 2.64 bits per heavy atom. The molecule has 0 spiro atoms. The molecule has 0 aliphatic rings. The smallest absolute Gasteiger partial charge is 0.0434 e. The SMILES string of the molecule is CCCC(CCO)CNCCSCC. The van der Waals surface area contributed by atoms with Crippen molar-refractivity contribution in [1.29, 1.82) is 0 Å². The van der Waals surface area contributed by atoms with Crippen LogP contribution in [-0.2, 0) is 0 Å². The summed E-state index contributed by atoms with van der Waals surface area (Å²) in [5, 5.41) is 12.3. The third-order valence-electron chi connectivity index (χ3n) is 2.29. The lowest BCUT2D eigenvalue weighted by Gasteiger charge is -2.15. The molecule has 0 saturated heterocycles. The molecule has 0 rings (SSSR count). The van der Waals surface area contributed by atoms with Crippen molar-refractivity contribution >= 4 is 11.8 Å². The predicted molar refractivity (Wildman–Crippen MR) is 66.0 cm³/mol. The first-order valence-corrected chi connectivity index (χ1v) is 6.89. The molecule has 86 valence electrons. The Labute approximate surface area is 92.9 Å². The van der Waals surface area contributed by atoms with E-state index in [4.69, 9.17) is 5.11 Å². The van der Waals surface area contributed by atoms with Crippen LogP contribution in [0.25, 0.3) is 0 Å². The van der Waals surface area contributed by atoms with Crippen LogP contribution in [0, 0.1) is 5.92 Å². The van der Waals surface area contributed by atoms with Crippen molar-refractivity contribution in [3.8, 4) is 0 Å². The summed E-state index contributed by atoms with van der Waals surface area (Å²) >= 11 is 1.97. The van der Waals surface area contributed by atoms with Gasteiger partial charge in [-0.25, -0.2) is 0 Å². The fraction of sp³-hybridized carbons (Fsp3) is 1.00. The van der Waals surface area contributed by atoms with Crippen molar-refractivity contribution in [3.63, 3.8) is 0 Å². The zero-order valence-electron chi connectivity index (χ0n) is 9.59. The lowest BCUT2D eigenvalue weighted by Crippen LogP contribution is -2.25. The van der Waals surface area contributed by atoms with Crippen molar-refractivity contribution in [2.45, 2.75) is 33.1 Å². The van der Waals surface area contributed by atoms with Crippen LogP contribution in [0.3, 0.4) is 0 Å². The molecule has 0 bridgehead atoms. The second-order valence-corrected chi connectivity index (χ2v) is 4.96. The van der Waals surface area contributed by atoms with Gasteiger partial charge in [-0.05, 0) is 31.1 Å². The maximum atomic E-state index is 8.87. The van der Waals surface area contributed by atoms with Crippen molar-refractivity contribution < 1.29 is 5.11 Å². The number of nitrogens with one attached hydrogen (secondary N) is 1. The molecule has 0 aliphatic heterocycles. The fourth-order valence-electron chi connectivity index (χ4n) is 1.53. The zero-order valence-corrected chi connectivity index (χ0v) is 10.4. The first-order valence-electron chi connectivity index (χ1n) is 5.74. The number of hydrogen-bond donors (Lipinski definition) is 2. The number of hydrogen-bond acceptors (Lipinski definition) is 3. The van der Waals surface area contributed by atoms with E-state index in [1.165, 1.54) is 24.3 Å². The zero-order chi connectivity index (χ0) is 10.6. The largest absolute Gasteiger partial charge is 0.396 e. The second-order valence-electron chi connectivity index (χ2n) is 3.57.